The van der Waals surface area contributed by atoms with Crippen LogP contribution in [0.3, 0.4) is 0 Å². The third-order valence-corrected chi connectivity index (χ3v) is 4.37. The fourth-order valence-electron chi connectivity index (χ4n) is 2.61. The van der Waals surface area contributed by atoms with Crippen molar-refractivity contribution in [3.63, 3.8) is 0 Å². The Bertz CT molecular complexity index is 942. The molecule has 5 nitrogen and oxygen atoms in total. The lowest BCUT2D eigenvalue weighted by Gasteiger charge is -2.12. The largest absolute Gasteiger partial charge is 0.489 e. The van der Waals surface area contributed by atoms with E-state index in [0.717, 1.165) is 28.1 Å². The fraction of sp³-hybridized carbons (Fsp3) is 0.143. The van der Waals surface area contributed by atoms with Gasteiger partial charge < -0.3 is 10.1 Å². The Balaban J connectivity index is 1.60. The Morgan fingerprint density at radius 1 is 1.04 bits per heavy atom. The number of hydrogen-bond donors (Lipinski definition) is 1. The van der Waals surface area contributed by atoms with E-state index in [1.54, 1.807) is 12.1 Å². The van der Waals surface area contributed by atoms with Gasteiger partial charge in [-0.05, 0) is 60.0 Å². The van der Waals surface area contributed by atoms with Crippen LogP contribution in [0.15, 0.2) is 66.7 Å². The second-order valence-electron chi connectivity index (χ2n) is 6.17. The molecule has 3 aromatic rings. The number of non-ortho nitro benzene ring substituents is 1. The number of halogens is 1. The molecule has 3 aromatic carbocycles. The summed E-state index contributed by atoms with van der Waals surface area (Å²) in [6.45, 7) is 3.03. The Morgan fingerprint density at radius 3 is 2.56 bits per heavy atom. The molecule has 0 unspecified atom stereocenters. The predicted octanol–water partition coefficient (Wildman–Crippen LogP) is 5.75. The summed E-state index contributed by atoms with van der Waals surface area (Å²) in [5.74, 6) is 0.746. The first-order chi connectivity index (χ1) is 13.0. The second-order valence-corrected chi connectivity index (χ2v) is 6.61. The Labute approximate surface area is 162 Å². The van der Waals surface area contributed by atoms with Gasteiger partial charge in [0.2, 0.25) is 0 Å². The normalized spacial score (nSPS) is 10.4. The molecule has 0 bridgehead atoms. The summed E-state index contributed by atoms with van der Waals surface area (Å²) in [7, 11) is 0. The molecule has 0 spiro atoms. The lowest BCUT2D eigenvalue weighted by molar-refractivity contribution is -0.384. The Hall–Kier alpha value is -3.05. The first-order valence-corrected chi connectivity index (χ1v) is 8.84. The van der Waals surface area contributed by atoms with Crippen LogP contribution < -0.4 is 10.1 Å². The number of nitrogens with zero attached hydrogens (tertiary/aromatic N) is 1. The molecule has 0 aliphatic rings. The molecule has 0 fully saturated rings. The number of nitro groups is 1. The van der Waals surface area contributed by atoms with Crippen molar-refractivity contribution < 1.29 is 9.66 Å². The monoisotopic (exact) mass is 382 g/mol. The van der Waals surface area contributed by atoms with Crippen LogP contribution in [-0.2, 0) is 13.2 Å². The topological polar surface area (TPSA) is 64.4 Å². The van der Waals surface area contributed by atoms with E-state index in [9.17, 15) is 10.1 Å². The first-order valence-electron chi connectivity index (χ1n) is 8.46. The van der Waals surface area contributed by atoms with Gasteiger partial charge in [-0.1, -0.05) is 29.8 Å². The molecule has 138 valence electrons. The molecule has 0 heterocycles. The molecule has 0 saturated carbocycles. The van der Waals surface area contributed by atoms with E-state index >= 15 is 0 Å². The van der Waals surface area contributed by atoms with Crippen LogP contribution in [0.4, 0.5) is 11.4 Å². The van der Waals surface area contributed by atoms with Crippen LogP contribution in [0.25, 0.3) is 0 Å². The molecule has 0 saturated heterocycles. The van der Waals surface area contributed by atoms with Crippen molar-refractivity contribution in [2.24, 2.45) is 0 Å². The zero-order valence-corrected chi connectivity index (χ0v) is 15.6. The summed E-state index contributed by atoms with van der Waals surface area (Å²) in [6, 6.07) is 19.9. The zero-order chi connectivity index (χ0) is 19.2. The Morgan fingerprint density at radius 2 is 1.81 bits per heavy atom. The summed E-state index contributed by atoms with van der Waals surface area (Å²) in [5.41, 5.74) is 4.15. The molecule has 0 amide bonds. The van der Waals surface area contributed by atoms with E-state index < -0.39 is 4.92 Å². The van der Waals surface area contributed by atoms with Crippen LogP contribution in [0, 0.1) is 17.0 Å². The van der Waals surface area contributed by atoms with Crippen LogP contribution in [0.2, 0.25) is 5.02 Å². The van der Waals surface area contributed by atoms with Crippen LogP contribution >= 0.6 is 11.6 Å². The number of anilines is 1. The van der Waals surface area contributed by atoms with Crippen molar-refractivity contribution in [3.8, 4) is 5.75 Å². The number of rotatable bonds is 7. The number of benzene rings is 3. The van der Waals surface area contributed by atoms with Gasteiger partial charge in [-0.3, -0.25) is 10.1 Å². The maximum Gasteiger partial charge on any atom is 0.269 e. The number of hydrogen-bond acceptors (Lipinski definition) is 4. The van der Waals surface area contributed by atoms with Gasteiger partial charge in [0, 0.05) is 29.4 Å². The summed E-state index contributed by atoms with van der Waals surface area (Å²) in [4.78, 5) is 10.3. The van der Waals surface area contributed by atoms with Crippen molar-refractivity contribution in [2.45, 2.75) is 20.1 Å². The van der Waals surface area contributed by atoms with Crippen molar-refractivity contribution in [1.29, 1.82) is 0 Å². The number of aryl methyl sites for hydroxylation is 1. The van der Waals surface area contributed by atoms with Crippen molar-refractivity contribution in [1.82, 2.24) is 0 Å². The molecular formula is C21H19ClN2O3. The van der Waals surface area contributed by atoms with Crippen molar-refractivity contribution >= 4 is 23.0 Å². The summed E-state index contributed by atoms with van der Waals surface area (Å²) < 4.78 is 5.81. The van der Waals surface area contributed by atoms with Gasteiger partial charge in [0.1, 0.15) is 12.4 Å². The second kappa shape index (κ2) is 8.56. The molecular weight excluding hydrogens is 364 g/mol. The molecule has 0 atom stereocenters. The molecule has 3 rings (SSSR count). The van der Waals surface area contributed by atoms with Gasteiger partial charge in [-0.2, -0.15) is 0 Å². The summed E-state index contributed by atoms with van der Waals surface area (Å²) >= 11 is 6.05. The number of ether oxygens (including phenoxy) is 1. The van der Waals surface area contributed by atoms with E-state index in [0.29, 0.717) is 18.2 Å². The molecule has 0 aliphatic carbocycles. The van der Waals surface area contributed by atoms with E-state index in [-0.39, 0.29) is 5.69 Å². The Kier molecular flexibility index (Phi) is 5.94. The van der Waals surface area contributed by atoms with Crippen LogP contribution in [0.5, 0.6) is 5.75 Å². The lowest BCUT2D eigenvalue weighted by Crippen LogP contribution is -2.02. The average molecular weight is 383 g/mol. The van der Waals surface area contributed by atoms with Gasteiger partial charge in [0.15, 0.2) is 0 Å². The van der Waals surface area contributed by atoms with E-state index in [4.69, 9.17) is 16.3 Å². The van der Waals surface area contributed by atoms with Gasteiger partial charge in [-0.15, -0.1) is 0 Å². The predicted molar refractivity (Wildman–Crippen MR) is 107 cm³/mol. The minimum absolute atomic E-state index is 0.0723. The van der Waals surface area contributed by atoms with Gasteiger partial charge >= 0.3 is 0 Å². The molecule has 0 aromatic heterocycles. The lowest BCUT2D eigenvalue weighted by atomic mass is 10.1. The van der Waals surface area contributed by atoms with Crippen LogP contribution in [-0.4, -0.2) is 4.92 Å². The maximum absolute atomic E-state index is 10.7. The number of nitrogens with one attached hydrogen (secondary N) is 1. The third-order valence-electron chi connectivity index (χ3n) is 4.13. The zero-order valence-electron chi connectivity index (χ0n) is 14.8. The average Bonchev–Trinajstić information content (AvgIpc) is 2.68. The smallest absolute Gasteiger partial charge is 0.269 e. The first kappa shape index (κ1) is 18.7. The SMILES string of the molecule is Cc1ccc(Cl)cc1NCc1cccc(OCc2ccc([N+](=O)[O-])cc2)c1. The maximum atomic E-state index is 10.7. The molecule has 1 N–H and O–H groups in total. The molecule has 0 aliphatic heterocycles. The van der Waals surface area contributed by atoms with Gasteiger partial charge in [-0.25, -0.2) is 0 Å². The molecule has 6 heteroatoms. The van der Waals surface area contributed by atoms with Gasteiger partial charge in [0.25, 0.3) is 5.69 Å². The van der Waals surface area contributed by atoms with Gasteiger partial charge in [0.05, 0.1) is 4.92 Å². The standard InChI is InChI=1S/C21H19ClN2O3/c1-15-5-8-18(22)12-21(15)23-13-17-3-2-4-20(11-17)27-14-16-6-9-19(10-7-16)24(25)26/h2-12,23H,13-14H2,1H3. The highest BCUT2D eigenvalue weighted by atomic mass is 35.5. The van der Waals surface area contributed by atoms with E-state index in [1.165, 1.54) is 12.1 Å². The fourth-order valence-corrected chi connectivity index (χ4v) is 2.78. The van der Waals surface area contributed by atoms with Crippen LogP contribution in [0.1, 0.15) is 16.7 Å². The quantitative estimate of drug-likeness (QED) is 0.417. The molecule has 0 radical (unpaired) electrons. The third kappa shape index (κ3) is 5.21. The van der Waals surface area contributed by atoms with Crippen molar-refractivity contribution in [2.75, 3.05) is 5.32 Å². The summed E-state index contributed by atoms with van der Waals surface area (Å²) in [6.07, 6.45) is 0. The van der Waals surface area contributed by atoms with E-state index in [2.05, 4.69) is 5.32 Å². The minimum Gasteiger partial charge on any atom is -0.489 e. The minimum atomic E-state index is -0.414. The molecule has 27 heavy (non-hydrogen) atoms. The summed E-state index contributed by atoms with van der Waals surface area (Å²) in [5, 5.41) is 14.8. The number of nitro benzene ring substituents is 1. The highest BCUT2D eigenvalue weighted by molar-refractivity contribution is 6.30. The highest BCUT2D eigenvalue weighted by Gasteiger charge is 2.05. The highest BCUT2D eigenvalue weighted by Crippen LogP contribution is 2.22. The van der Waals surface area contributed by atoms with E-state index in [1.807, 2.05) is 49.4 Å². The van der Waals surface area contributed by atoms with Crippen molar-refractivity contribution in [3.05, 3.63) is 98.6 Å².